The van der Waals surface area contributed by atoms with Crippen molar-refractivity contribution in [1.82, 2.24) is 10.6 Å². The highest BCUT2D eigenvalue weighted by Crippen LogP contribution is 2.43. The van der Waals surface area contributed by atoms with Crippen LogP contribution in [-0.2, 0) is 17.9 Å². The zero-order valence-corrected chi connectivity index (χ0v) is 16.2. The molecule has 1 aromatic carbocycles. The second-order valence-corrected chi connectivity index (χ2v) is 8.56. The highest BCUT2D eigenvalue weighted by molar-refractivity contribution is 7.13. The molecule has 2 aromatic rings. The third-order valence-corrected chi connectivity index (χ3v) is 6.38. The van der Waals surface area contributed by atoms with Crippen LogP contribution in [0.5, 0.6) is 0 Å². The number of nitrogens with one attached hydrogen (secondary N) is 2. The van der Waals surface area contributed by atoms with Gasteiger partial charge in [-0.05, 0) is 55.5 Å². The van der Waals surface area contributed by atoms with Crippen LogP contribution in [0.2, 0.25) is 0 Å². The first-order valence-corrected chi connectivity index (χ1v) is 9.98. The maximum absolute atomic E-state index is 12.8. The smallest absolute Gasteiger partial charge is 0.345 e. The van der Waals surface area contributed by atoms with Crippen molar-refractivity contribution in [2.75, 3.05) is 4.90 Å². The second kappa shape index (κ2) is 7.03. The van der Waals surface area contributed by atoms with Crippen molar-refractivity contribution in [2.24, 2.45) is 5.92 Å². The van der Waals surface area contributed by atoms with Gasteiger partial charge in [0.2, 0.25) is 0 Å². The first kappa shape index (κ1) is 18.6. The van der Waals surface area contributed by atoms with Gasteiger partial charge in [-0.15, -0.1) is 11.3 Å². The molecular weight excluding hydrogens is 378 g/mol. The molecule has 1 saturated carbocycles. The lowest BCUT2D eigenvalue weighted by molar-refractivity contribution is -0.122. The number of amides is 3. The van der Waals surface area contributed by atoms with Crippen LogP contribution in [0.25, 0.3) is 0 Å². The number of hydrogen-bond donors (Lipinski definition) is 3. The van der Waals surface area contributed by atoms with Crippen LogP contribution in [0.3, 0.4) is 0 Å². The van der Waals surface area contributed by atoms with Crippen molar-refractivity contribution in [3.63, 3.8) is 0 Å². The fourth-order valence-corrected chi connectivity index (χ4v) is 4.32. The van der Waals surface area contributed by atoms with Crippen LogP contribution in [0.15, 0.2) is 36.4 Å². The van der Waals surface area contributed by atoms with Gasteiger partial charge < -0.3 is 15.7 Å². The fraction of sp³-hybridized carbons (Fsp3) is 0.350. The van der Waals surface area contributed by atoms with Gasteiger partial charge >= 0.3 is 12.0 Å². The lowest BCUT2D eigenvalue weighted by Crippen LogP contribution is -2.46. The molecule has 146 valence electrons. The Bertz CT molecular complexity index is 935. The molecule has 1 atom stereocenters. The van der Waals surface area contributed by atoms with Crippen molar-refractivity contribution in [3.8, 4) is 0 Å². The molecule has 2 aliphatic rings. The second-order valence-electron chi connectivity index (χ2n) is 7.39. The number of carboxylic acid groups (broad SMARTS) is 1. The Morgan fingerprint density at radius 3 is 2.54 bits per heavy atom. The first-order chi connectivity index (χ1) is 13.4. The molecule has 2 heterocycles. The average molecular weight is 399 g/mol. The van der Waals surface area contributed by atoms with E-state index in [0.717, 1.165) is 23.3 Å². The largest absolute Gasteiger partial charge is 0.477 e. The lowest BCUT2D eigenvalue weighted by atomic mass is 9.96. The Hall–Kier alpha value is -2.71. The van der Waals surface area contributed by atoms with Gasteiger partial charge in [-0.2, -0.15) is 0 Å². The number of anilines is 1. The number of carbonyl (C=O) groups is 3. The van der Waals surface area contributed by atoms with Gasteiger partial charge in [-0.3, -0.25) is 4.79 Å². The van der Waals surface area contributed by atoms with E-state index in [-0.39, 0.29) is 17.9 Å². The number of thiophene rings is 1. The van der Waals surface area contributed by atoms with Gasteiger partial charge in [0, 0.05) is 18.0 Å². The van der Waals surface area contributed by atoms with E-state index < -0.39 is 11.5 Å². The van der Waals surface area contributed by atoms with Crippen LogP contribution in [0.1, 0.15) is 39.9 Å². The van der Waals surface area contributed by atoms with E-state index in [2.05, 4.69) is 10.6 Å². The number of hydrogen-bond acceptors (Lipinski definition) is 5. The molecule has 0 radical (unpaired) electrons. The highest BCUT2D eigenvalue weighted by atomic mass is 32.1. The summed E-state index contributed by atoms with van der Waals surface area (Å²) in [7, 11) is 0. The third kappa shape index (κ3) is 3.41. The Morgan fingerprint density at radius 2 is 1.93 bits per heavy atom. The number of carboxylic acids is 1. The maximum atomic E-state index is 12.8. The molecule has 3 amide bonds. The fourth-order valence-electron chi connectivity index (χ4n) is 3.51. The minimum atomic E-state index is -0.912. The zero-order valence-electron chi connectivity index (χ0n) is 15.4. The first-order valence-electron chi connectivity index (χ1n) is 9.17. The number of benzene rings is 1. The van der Waals surface area contributed by atoms with E-state index in [9.17, 15) is 14.4 Å². The highest BCUT2D eigenvalue weighted by Gasteiger charge is 2.56. The number of imide groups is 1. The Labute approximate surface area is 166 Å². The molecule has 8 heteroatoms. The lowest BCUT2D eigenvalue weighted by Gasteiger charge is -2.21. The third-order valence-electron chi connectivity index (χ3n) is 5.31. The topological polar surface area (TPSA) is 98.7 Å². The number of carbonyl (C=O) groups excluding carboxylic acids is 2. The van der Waals surface area contributed by atoms with Crippen LogP contribution in [-0.4, -0.2) is 28.6 Å². The van der Waals surface area contributed by atoms with Gasteiger partial charge in [0.05, 0.1) is 5.69 Å². The zero-order chi connectivity index (χ0) is 19.9. The minimum absolute atomic E-state index is 0.183. The van der Waals surface area contributed by atoms with E-state index in [1.165, 1.54) is 16.2 Å². The van der Waals surface area contributed by atoms with Crippen molar-refractivity contribution in [2.45, 2.75) is 38.4 Å². The Morgan fingerprint density at radius 1 is 1.21 bits per heavy atom. The van der Waals surface area contributed by atoms with Crippen molar-refractivity contribution < 1.29 is 19.5 Å². The molecular formula is C20H21N3O4S. The molecule has 4 rings (SSSR count). The van der Waals surface area contributed by atoms with Crippen molar-refractivity contribution in [1.29, 1.82) is 0 Å². The predicted molar refractivity (Wildman–Crippen MR) is 105 cm³/mol. The van der Waals surface area contributed by atoms with E-state index in [1.807, 2.05) is 19.1 Å². The average Bonchev–Trinajstić information content (AvgIpc) is 3.37. The summed E-state index contributed by atoms with van der Waals surface area (Å²) in [6.45, 7) is 2.98. The molecule has 1 aromatic heterocycles. The number of nitrogens with zero attached hydrogens (tertiary/aromatic N) is 1. The van der Waals surface area contributed by atoms with Crippen molar-refractivity contribution >= 4 is 34.9 Å². The van der Waals surface area contributed by atoms with Gasteiger partial charge in [0.25, 0.3) is 5.91 Å². The summed E-state index contributed by atoms with van der Waals surface area (Å²) in [4.78, 5) is 38.5. The molecule has 1 saturated heterocycles. The molecule has 3 N–H and O–H groups in total. The molecule has 1 aliphatic heterocycles. The van der Waals surface area contributed by atoms with Crippen molar-refractivity contribution in [3.05, 3.63) is 51.7 Å². The summed E-state index contributed by atoms with van der Waals surface area (Å²) in [5.74, 6) is -0.862. The SMILES string of the molecule is CC1(C2CC2)NC(=O)N(c2ccc(CNCc3ccc(C(=O)O)s3)cc2)C1=O. The van der Waals surface area contributed by atoms with E-state index in [0.29, 0.717) is 23.7 Å². The molecule has 0 spiro atoms. The van der Waals surface area contributed by atoms with Crippen LogP contribution in [0, 0.1) is 5.92 Å². The predicted octanol–water partition coefficient (Wildman–Crippen LogP) is 2.96. The molecule has 7 nitrogen and oxygen atoms in total. The summed E-state index contributed by atoms with van der Waals surface area (Å²) in [6.07, 6.45) is 1.94. The van der Waals surface area contributed by atoms with Gasteiger partial charge in [-0.25, -0.2) is 14.5 Å². The quantitative estimate of drug-likeness (QED) is 0.622. The van der Waals surface area contributed by atoms with E-state index in [4.69, 9.17) is 5.11 Å². The monoisotopic (exact) mass is 399 g/mol. The van der Waals surface area contributed by atoms with Crippen LogP contribution >= 0.6 is 11.3 Å². The summed E-state index contributed by atoms with van der Waals surface area (Å²) < 4.78 is 0. The summed E-state index contributed by atoms with van der Waals surface area (Å²) in [5, 5.41) is 15.1. The van der Waals surface area contributed by atoms with Crippen LogP contribution in [0.4, 0.5) is 10.5 Å². The molecule has 1 unspecified atom stereocenters. The summed E-state index contributed by atoms with van der Waals surface area (Å²) in [6, 6.07) is 10.4. The maximum Gasteiger partial charge on any atom is 0.345 e. The van der Waals surface area contributed by atoms with Gasteiger partial charge in [-0.1, -0.05) is 12.1 Å². The van der Waals surface area contributed by atoms with E-state index >= 15 is 0 Å². The molecule has 2 fully saturated rings. The number of rotatable bonds is 7. The number of urea groups is 1. The van der Waals surface area contributed by atoms with Crippen LogP contribution < -0.4 is 15.5 Å². The standard InChI is InChI=1S/C20H21N3O4S/c1-20(13-4-5-13)18(26)23(19(27)22-20)14-6-2-12(3-7-14)10-21-11-15-8-9-16(28-15)17(24)25/h2-3,6-9,13,21H,4-5,10-11H2,1H3,(H,22,27)(H,24,25). The van der Waals surface area contributed by atoms with E-state index in [1.54, 1.807) is 24.3 Å². The minimum Gasteiger partial charge on any atom is -0.477 e. The van der Waals surface area contributed by atoms with Gasteiger partial charge in [0.1, 0.15) is 10.4 Å². The molecule has 28 heavy (non-hydrogen) atoms. The Kier molecular flexibility index (Phi) is 4.68. The summed E-state index contributed by atoms with van der Waals surface area (Å²) in [5.41, 5.74) is 0.795. The van der Waals surface area contributed by atoms with Gasteiger partial charge in [0.15, 0.2) is 0 Å². The summed E-state index contributed by atoms with van der Waals surface area (Å²) >= 11 is 1.25. The molecule has 1 aliphatic carbocycles. The molecule has 0 bridgehead atoms. The number of aromatic carboxylic acids is 1. The normalized spacial score (nSPS) is 21.8. The Balaban J connectivity index is 1.36.